The first kappa shape index (κ1) is 22.9. The Labute approximate surface area is 191 Å². The van der Waals surface area contributed by atoms with Gasteiger partial charge in [-0.2, -0.15) is 9.37 Å². The van der Waals surface area contributed by atoms with Gasteiger partial charge in [-0.1, -0.05) is 11.3 Å². The second-order valence-corrected chi connectivity index (χ2v) is 9.69. The Kier molecular flexibility index (Phi) is 6.92. The summed E-state index contributed by atoms with van der Waals surface area (Å²) in [5, 5.41) is 2.84. The Morgan fingerprint density at radius 3 is 2.94 bits per heavy atom. The first-order valence-corrected chi connectivity index (χ1v) is 11.8. The van der Waals surface area contributed by atoms with E-state index in [9.17, 15) is 9.18 Å². The maximum Gasteiger partial charge on any atom is 0.230 e. The zero-order valence-corrected chi connectivity index (χ0v) is 19.7. The van der Waals surface area contributed by atoms with Gasteiger partial charge in [0.25, 0.3) is 0 Å². The summed E-state index contributed by atoms with van der Waals surface area (Å²) in [4.78, 5) is 24.6. The molecule has 2 aromatic rings. The number of hydrogen-bond donors (Lipinski definition) is 1. The summed E-state index contributed by atoms with van der Waals surface area (Å²) < 4.78 is 26.1. The second kappa shape index (κ2) is 9.68. The van der Waals surface area contributed by atoms with Crippen LogP contribution in [0, 0.1) is 12.9 Å². The first-order valence-electron chi connectivity index (χ1n) is 10.9. The van der Waals surface area contributed by atoms with Crippen molar-refractivity contribution in [2.45, 2.75) is 58.9 Å². The van der Waals surface area contributed by atoms with E-state index in [2.05, 4.69) is 45.0 Å². The van der Waals surface area contributed by atoms with Gasteiger partial charge in [0.2, 0.25) is 11.9 Å². The van der Waals surface area contributed by atoms with E-state index in [1.54, 1.807) is 6.20 Å². The number of halogens is 1. The lowest BCUT2D eigenvalue weighted by Crippen LogP contribution is -2.41. The van der Waals surface area contributed by atoms with Gasteiger partial charge < -0.3 is 19.7 Å². The average molecular weight is 464 g/mol. The molecule has 4 rings (SSSR count). The fourth-order valence-corrected chi connectivity index (χ4v) is 5.12. The van der Waals surface area contributed by atoms with Gasteiger partial charge in [0.05, 0.1) is 23.8 Å². The Morgan fingerprint density at radius 2 is 2.22 bits per heavy atom. The number of carbonyl (C=O) groups is 1. The molecule has 2 aromatic heterocycles. The number of hydrogen-bond acceptors (Lipinski definition) is 8. The molecule has 2 aliphatic rings. The third-order valence-corrected chi connectivity index (χ3v) is 6.78. The van der Waals surface area contributed by atoms with E-state index < -0.39 is 5.95 Å². The van der Waals surface area contributed by atoms with E-state index in [0.29, 0.717) is 29.7 Å². The Bertz CT molecular complexity index is 971. The molecule has 0 aliphatic carbocycles. The van der Waals surface area contributed by atoms with Gasteiger partial charge in [-0.3, -0.25) is 9.69 Å². The van der Waals surface area contributed by atoms with Gasteiger partial charge in [-0.15, -0.1) is 0 Å². The average Bonchev–Trinajstić information content (AvgIpc) is 3.24. The maximum atomic E-state index is 14.2. The van der Waals surface area contributed by atoms with Crippen molar-refractivity contribution in [2.75, 3.05) is 36.5 Å². The van der Waals surface area contributed by atoms with Crippen molar-refractivity contribution in [1.82, 2.24) is 14.9 Å². The third-order valence-electron chi connectivity index (χ3n) is 5.85. The molecule has 0 aromatic carbocycles. The van der Waals surface area contributed by atoms with E-state index in [-0.39, 0.29) is 24.2 Å². The van der Waals surface area contributed by atoms with E-state index in [4.69, 9.17) is 9.47 Å². The number of anilines is 2. The summed E-state index contributed by atoms with van der Waals surface area (Å²) in [6, 6.07) is 2.31. The van der Waals surface area contributed by atoms with Crippen LogP contribution >= 0.6 is 11.3 Å². The number of rotatable bonds is 6. The first-order chi connectivity index (χ1) is 15.3. The third kappa shape index (κ3) is 5.36. The van der Waals surface area contributed by atoms with E-state index >= 15 is 0 Å². The number of carbonyl (C=O) groups excluding carboxylic acids is 1. The fraction of sp³-hybridized carbons (Fsp3) is 0.591. The number of pyridine rings is 1. The van der Waals surface area contributed by atoms with Crippen molar-refractivity contribution in [2.24, 2.45) is 0 Å². The molecule has 0 saturated carbocycles. The van der Waals surface area contributed by atoms with Crippen LogP contribution in [-0.2, 0) is 16.1 Å². The van der Waals surface area contributed by atoms with Crippen LogP contribution < -0.4 is 15.0 Å². The molecule has 0 spiro atoms. The van der Waals surface area contributed by atoms with Crippen LogP contribution in [0.5, 0.6) is 5.75 Å². The molecule has 174 valence electrons. The monoisotopic (exact) mass is 463 g/mol. The lowest BCUT2D eigenvalue weighted by atomic mass is 10.2. The summed E-state index contributed by atoms with van der Waals surface area (Å²) in [5.41, 5.74) is 1.05. The van der Waals surface area contributed by atoms with Gasteiger partial charge in [-0.05, 0) is 32.4 Å². The number of thiazole rings is 1. The minimum absolute atomic E-state index is 0.00514. The number of nitrogens with one attached hydrogen (secondary N) is 1. The summed E-state index contributed by atoms with van der Waals surface area (Å²) in [5.74, 6) is 0.947. The van der Waals surface area contributed by atoms with Crippen LogP contribution in [0.2, 0.25) is 0 Å². The topological polar surface area (TPSA) is 79.8 Å². The molecule has 2 fully saturated rings. The van der Waals surface area contributed by atoms with Crippen LogP contribution in [0.15, 0.2) is 12.3 Å². The van der Waals surface area contributed by atoms with Crippen LogP contribution in [0.4, 0.5) is 15.3 Å². The van der Waals surface area contributed by atoms with Crippen LogP contribution in [0.25, 0.3) is 0 Å². The zero-order valence-electron chi connectivity index (χ0n) is 18.9. The van der Waals surface area contributed by atoms with Gasteiger partial charge >= 0.3 is 0 Å². The Morgan fingerprint density at radius 1 is 1.41 bits per heavy atom. The zero-order chi connectivity index (χ0) is 22.8. The normalized spacial score (nSPS) is 24.0. The van der Waals surface area contributed by atoms with E-state index in [1.165, 1.54) is 18.3 Å². The molecule has 2 saturated heterocycles. The molecule has 10 heteroatoms. The SMILES string of the molecule is CC(=O)Nc1nc(F)c(CN2CC(Oc3cnc(N4CCOC(C)C4)cc3C)CC2C)s1. The minimum Gasteiger partial charge on any atom is -0.487 e. The molecule has 3 atom stereocenters. The predicted octanol–water partition coefficient (Wildman–Crippen LogP) is 3.21. The maximum absolute atomic E-state index is 14.2. The number of aryl methyl sites for hydroxylation is 1. The highest BCUT2D eigenvalue weighted by atomic mass is 32.1. The summed E-state index contributed by atoms with van der Waals surface area (Å²) in [6.07, 6.45) is 2.86. The number of ether oxygens (including phenoxy) is 2. The highest BCUT2D eigenvalue weighted by molar-refractivity contribution is 7.15. The van der Waals surface area contributed by atoms with Crippen LogP contribution in [0.1, 0.15) is 37.6 Å². The highest BCUT2D eigenvalue weighted by Crippen LogP contribution is 2.30. The lowest BCUT2D eigenvalue weighted by Gasteiger charge is -2.32. The lowest BCUT2D eigenvalue weighted by molar-refractivity contribution is -0.114. The molecule has 1 amide bonds. The number of amides is 1. The summed E-state index contributed by atoms with van der Waals surface area (Å²) in [6.45, 7) is 11.1. The van der Waals surface area contributed by atoms with Gasteiger partial charge in [-0.25, -0.2) is 4.98 Å². The van der Waals surface area contributed by atoms with Crippen molar-refractivity contribution >= 4 is 28.2 Å². The molecule has 2 aliphatic heterocycles. The number of aromatic nitrogens is 2. The Hall–Kier alpha value is -2.30. The molecule has 0 radical (unpaired) electrons. The van der Waals surface area contributed by atoms with Crippen molar-refractivity contribution in [3.8, 4) is 5.75 Å². The molecule has 3 unspecified atom stereocenters. The quantitative estimate of drug-likeness (QED) is 0.705. The molecule has 1 N–H and O–H groups in total. The number of likely N-dealkylation sites (tertiary alicyclic amines) is 1. The second-order valence-electron chi connectivity index (χ2n) is 8.60. The standard InChI is InChI=1S/C22H30FN5O3S/c1-13-7-20(27-5-6-30-15(3)10-27)24-9-18(13)31-17-8-14(2)28(11-17)12-19-21(23)26-22(32-19)25-16(4)29/h7,9,14-15,17H,5-6,8,10-12H2,1-4H3,(H,25,26,29). The highest BCUT2D eigenvalue weighted by Gasteiger charge is 2.32. The minimum atomic E-state index is -0.525. The number of morpholine rings is 1. The summed E-state index contributed by atoms with van der Waals surface area (Å²) in [7, 11) is 0. The predicted molar refractivity (Wildman–Crippen MR) is 122 cm³/mol. The molecular weight excluding hydrogens is 433 g/mol. The molecule has 32 heavy (non-hydrogen) atoms. The Balaban J connectivity index is 1.37. The van der Waals surface area contributed by atoms with Crippen LogP contribution in [0.3, 0.4) is 0 Å². The molecule has 0 bridgehead atoms. The largest absolute Gasteiger partial charge is 0.487 e. The van der Waals surface area contributed by atoms with Crippen molar-refractivity contribution in [3.05, 3.63) is 28.7 Å². The molecular formula is C22H30FN5O3S. The van der Waals surface area contributed by atoms with Crippen molar-refractivity contribution in [3.63, 3.8) is 0 Å². The molecule has 4 heterocycles. The van der Waals surface area contributed by atoms with Gasteiger partial charge in [0, 0.05) is 45.6 Å². The fourth-order valence-electron chi connectivity index (χ4n) is 4.20. The van der Waals surface area contributed by atoms with Gasteiger partial charge in [0.1, 0.15) is 17.7 Å². The van der Waals surface area contributed by atoms with Crippen molar-refractivity contribution < 1.29 is 18.7 Å². The van der Waals surface area contributed by atoms with E-state index in [1.807, 2.05) is 6.92 Å². The van der Waals surface area contributed by atoms with Crippen molar-refractivity contribution in [1.29, 1.82) is 0 Å². The van der Waals surface area contributed by atoms with Crippen LogP contribution in [-0.4, -0.2) is 65.3 Å². The van der Waals surface area contributed by atoms with Gasteiger partial charge in [0.15, 0.2) is 5.13 Å². The van der Waals surface area contributed by atoms with E-state index in [0.717, 1.165) is 36.6 Å². The summed E-state index contributed by atoms with van der Waals surface area (Å²) >= 11 is 1.18. The smallest absolute Gasteiger partial charge is 0.230 e. The molecule has 8 nitrogen and oxygen atoms in total. The number of nitrogens with zero attached hydrogens (tertiary/aromatic N) is 4.